The van der Waals surface area contributed by atoms with E-state index in [1.165, 1.54) is 11.3 Å². The predicted octanol–water partition coefficient (Wildman–Crippen LogP) is 3.06. The van der Waals surface area contributed by atoms with Crippen molar-refractivity contribution in [3.05, 3.63) is 32.7 Å². The molecular weight excluding hydrogens is 302 g/mol. The number of hydrogen-bond acceptors (Lipinski definition) is 3. The van der Waals surface area contributed by atoms with Crippen molar-refractivity contribution >= 4 is 38.9 Å². The van der Waals surface area contributed by atoms with Crippen molar-refractivity contribution in [1.29, 1.82) is 0 Å². The maximum atomic E-state index is 12.0. The zero-order chi connectivity index (χ0) is 12.4. The van der Waals surface area contributed by atoms with E-state index in [1.54, 1.807) is 4.68 Å². The summed E-state index contributed by atoms with van der Waals surface area (Å²) in [5, 5.41) is 9.04. The number of nitrogens with zero attached hydrogens (tertiary/aromatic N) is 2. The molecule has 17 heavy (non-hydrogen) atoms. The monoisotopic (exact) mass is 313 g/mol. The zero-order valence-corrected chi connectivity index (χ0v) is 11.9. The number of thiophene rings is 1. The first-order valence-corrected chi connectivity index (χ1v) is 6.86. The molecule has 0 aliphatic rings. The first kappa shape index (κ1) is 12.3. The second kappa shape index (κ2) is 5.01. The van der Waals surface area contributed by atoms with E-state index in [9.17, 15) is 4.79 Å². The maximum Gasteiger partial charge on any atom is 0.266 e. The fraction of sp³-hybridized carbons (Fsp3) is 0.273. The molecule has 0 saturated carbocycles. The fourth-order valence-electron chi connectivity index (χ4n) is 1.53. The molecule has 0 unspecified atom stereocenters. The highest BCUT2D eigenvalue weighted by Crippen LogP contribution is 2.24. The second-order valence-electron chi connectivity index (χ2n) is 3.57. The number of aromatic nitrogens is 2. The van der Waals surface area contributed by atoms with Crippen molar-refractivity contribution < 1.29 is 4.79 Å². The van der Waals surface area contributed by atoms with Crippen molar-refractivity contribution in [2.75, 3.05) is 5.32 Å². The van der Waals surface area contributed by atoms with Crippen molar-refractivity contribution in [2.24, 2.45) is 7.05 Å². The number of hydrogen-bond donors (Lipinski definition) is 1. The van der Waals surface area contributed by atoms with Gasteiger partial charge in [-0.15, -0.1) is 11.3 Å². The molecule has 0 aliphatic carbocycles. The molecule has 0 spiro atoms. The van der Waals surface area contributed by atoms with Crippen LogP contribution in [0.2, 0.25) is 0 Å². The molecule has 0 fully saturated rings. The Balaban J connectivity index is 2.21. The summed E-state index contributed by atoms with van der Waals surface area (Å²) < 4.78 is 2.53. The zero-order valence-electron chi connectivity index (χ0n) is 9.53. The van der Waals surface area contributed by atoms with E-state index in [0.29, 0.717) is 4.88 Å². The van der Waals surface area contributed by atoms with Gasteiger partial charge < -0.3 is 5.32 Å². The van der Waals surface area contributed by atoms with E-state index in [2.05, 4.69) is 26.3 Å². The van der Waals surface area contributed by atoms with Crippen LogP contribution >= 0.6 is 27.3 Å². The third kappa shape index (κ3) is 2.58. The summed E-state index contributed by atoms with van der Waals surface area (Å²) in [7, 11) is 1.84. The van der Waals surface area contributed by atoms with Crippen LogP contribution in [0, 0.1) is 0 Å². The summed E-state index contributed by atoms with van der Waals surface area (Å²) >= 11 is 4.76. The summed E-state index contributed by atoms with van der Waals surface area (Å²) in [5.41, 5.74) is 1.67. The van der Waals surface area contributed by atoms with E-state index in [-0.39, 0.29) is 5.91 Å². The Morgan fingerprint density at radius 1 is 1.65 bits per heavy atom. The number of nitrogens with one attached hydrogen (secondary N) is 1. The molecule has 0 aliphatic heterocycles. The Kier molecular flexibility index (Phi) is 3.63. The maximum absolute atomic E-state index is 12.0. The quantitative estimate of drug-likeness (QED) is 0.946. The molecule has 2 rings (SSSR count). The van der Waals surface area contributed by atoms with Gasteiger partial charge in [0.15, 0.2) is 0 Å². The van der Waals surface area contributed by atoms with Crippen molar-refractivity contribution in [2.45, 2.75) is 13.3 Å². The highest BCUT2D eigenvalue weighted by molar-refractivity contribution is 9.10. The number of aryl methyl sites for hydroxylation is 2. The van der Waals surface area contributed by atoms with Crippen molar-refractivity contribution in [3.8, 4) is 0 Å². The molecule has 0 saturated heterocycles. The summed E-state index contributed by atoms with van der Waals surface area (Å²) in [5.74, 6) is -0.102. The van der Waals surface area contributed by atoms with Gasteiger partial charge in [-0.05, 0) is 33.8 Å². The third-order valence-electron chi connectivity index (χ3n) is 2.31. The number of carbonyl (C=O) groups excluding carboxylic acids is 1. The minimum atomic E-state index is -0.102. The van der Waals surface area contributed by atoms with E-state index >= 15 is 0 Å². The van der Waals surface area contributed by atoms with Gasteiger partial charge in [-0.1, -0.05) is 6.92 Å². The molecule has 1 amide bonds. The Morgan fingerprint density at radius 3 is 3.00 bits per heavy atom. The highest BCUT2D eigenvalue weighted by atomic mass is 79.9. The average Bonchev–Trinajstić information content (AvgIpc) is 2.84. The fourth-order valence-corrected chi connectivity index (χ4v) is 2.98. The number of carbonyl (C=O) groups is 1. The van der Waals surface area contributed by atoms with Gasteiger partial charge in [0, 0.05) is 17.7 Å². The minimum Gasteiger partial charge on any atom is -0.318 e. The lowest BCUT2D eigenvalue weighted by Gasteiger charge is -2.02. The van der Waals surface area contributed by atoms with Gasteiger partial charge in [0.05, 0.1) is 11.4 Å². The van der Waals surface area contributed by atoms with E-state index in [1.807, 2.05) is 31.6 Å². The first-order valence-electron chi connectivity index (χ1n) is 5.18. The van der Waals surface area contributed by atoms with Gasteiger partial charge >= 0.3 is 0 Å². The molecule has 2 heterocycles. The summed E-state index contributed by atoms with van der Waals surface area (Å²) in [6, 6.07) is 1.86. The Bertz CT molecular complexity index is 547. The topological polar surface area (TPSA) is 46.9 Å². The standard InChI is InChI=1S/C11H12BrN3OS/c1-3-8-9(6-15(2)14-8)13-11(16)10-7(12)4-5-17-10/h4-6H,3H2,1-2H3,(H,13,16). The van der Waals surface area contributed by atoms with Crippen LogP contribution in [-0.4, -0.2) is 15.7 Å². The molecule has 4 nitrogen and oxygen atoms in total. The number of halogens is 1. The molecule has 0 atom stereocenters. The van der Waals surface area contributed by atoms with E-state index in [0.717, 1.165) is 22.3 Å². The van der Waals surface area contributed by atoms with Gasteiger partial charge in [-0.2, -0.15) is 5.10 Å². The van der Waals surface area contributed by atoms with Crippen LogP contribution in [0.4, 0.5) is 5.69 Å². The minimum absolute atomic E-state index is 0.102. The number of rotatable bonds is 3. The molecule has 6 heteroatoms. The molecule has 90 valence electrons. The van der Waals surface area contributed by atoms with Gasteiger partial charge in [-0.3, -0.25) is 9.48 Å². The predicted molar refractivity (Wildman–Crippen MR) is 72.6 cm³/mol. The largest absolute Gasteiger partial charge is 0.318 e. The average molecular weight is 314 g/mol. The molecular formula is C11H12BrN3OS. The normalized spacial score (nSPS) is 10.5. The van der Waals surface area contributed by atoms with Crippen molar-refractivity contribution in [1.82, 2.24) is 9.78 Å². The van der Waals surface area contributed by atoms with Crippen LogP contribution < -0.4 is 5.32 Å². The Morgan fingerprint density at radius 2 is 2.41 bits per heavy atom. The highest BCUT2D eigenvalue weighted by Gasteiger charge is 2.14. The van der Waals surface area contributed by atoms with Gasteiger partial charge in [0.25, 0.3) is 5.91 Å². The summed E-state index contributed by atoms with van der Waals surface area (Å²) in [6.45, 7) is 2.01. The Labute approximate surface area is 112 Å². The lowest BCUT2D eigenvalue weighted by atomic mass is 10.3. The Hall–Kier alpha value is -1.14. The van der Waals surface area contributed by atoms with Crippen LogP contribution in [0.25, 0.3) is 0 Å². The number of anilines is 1. The SMILES string of the molecule is CCc1nn(C)cc1NC(=O)c1sccc1Br. The molecule has 0 aromatic carbocycles. The molecule has 2 aromatic heterocycles. The molecule has 0 radical (unpaired) electrons. The van der Waals surface area contributed by atoms with E-state index < -0.39 is 0 Å². The van der Waals surface area contributed by atoms with Crippen LogP contribution in [0.5, 0.6) is 0 Å². The van der Waals surface area contributed by atoms with Crippen LogP contribution in [0.1, 0.15) is 22.3 Å². The molecule has 0 bridgehead atoms. The summed E-state index contributed by atoms with van der Waals surface area (Å²) in [4.78, 5) is 12.7. The lowest BCUT2D eigenvalue weighted by molar-refractivity contribution is 0.103. The van der Waals surface area contributed by atoms with Crippen molar-refractivity contribution in [3.63, 3.8) is 0 Å². The van der Waals surface area contributed by atoms with Crippen LogP contribution in [-0.2, 0) is 13.5 Å². The van der Waals surface area contributed by atoms with Crippen LogP contribution in [0.15, 0.2) is 22.1 Å². The smallest absolute Gasteiger partial charge is 0.266 e. The first-order chi connectivity index (χ1) is 8.11. The third-order valence-corrected chi connectivity index (χ3v) is 4.15. The lowest BCUT2D eigenvalue weighted by Crippen LogP contribution is -2.11. The number of amides is 1. The van der Waals surface area contributed by atoms with E-state index in [4.69, 9.17) is 0 Å². The molecule has 1 N–H and O–H groups in total. The van der Waals surface area contributed by atoms with Gasteiger partial charge in [0.2, 0.25) is 0 Å². The molecule has 2 aromatic rings. The van der Waals surface area contributed by atoms with Gasteiger partial charge in [0.1, 0.15) is 4.88 Å². The second-order valence-corrected chi connectivity index (χ2v) is 5.34. The van der Waals surface area contributed by atoms with Crippen LogP contribution in [0.3, 0.4) is 0 Å². The van der Waals surface area contributed by atoms with Gasteiger partial charge in [-0.25, -0.2) is 0 Å². The summed E-state index contributed by atoms with van der Waals surface area (Å²) in [6.07, 6.45) is 2.61.